The van der Waals surface area contributed by atoms with E-state index in [1.807, 2.05) is 41.8 Å². The summed E-state index contributed by atoms with van der Waals surface area (Å²) >= 11 is 4.93. The van der Waals surface area contributed by atoms with Gasteiger partial charge in [0.2, 0.25) is 0 Å². The molecule has 0 radical (unpaired) electrons. The van der Waals surface area contributed by atoms with Gasteiger partial charge in [0.15, 0.2) is 0 Å². The van der Waals surface area contributed by atoms with E-state index < -0.39 is 0 Å². The van der Waals surface area contributed by atoms with Crippen molar-refractivity contribution in [2.24, 2.45) is 5.73 Å². The first-order chi connectivity index (χ1) is 8.22. The third-order valence-electron chi connectivity index (χ3n) is 2.32. The highest BCUT2D eigenvalue weighted by atomic mass is 79.9. The normalized spacial score (nSPS) is 11.8. The monoisotopic (exact) mass is 304 g/mol. The highest BCUT2D eigenvalue weighted by Crippen LogP contribution is 2.28. The van der Waals surface area contributed by atoms with Gasteiger partial charge in [-0.3, -0.25) is 0 Å². The molecule has 0 atom stereocenters. The standard InChI is InChI=1S/C13H9BrN2S/c14-12-6-10(8-17-12)13(16)11(7-15)9-4-2-1-3-5-9/h1-6,8H,16H2/b13-11-. The molecule has 84 valence electrons. The Morgan fingerprint density at radius 3 is 2.47 bits per heavy atom. The van der Waals surface area contributed by atoms with Gasteiger partial charge in [-0.2, -0.15) is 5.26 Å². The molecular formula is C13H9BrN2S. The quantitative estimate of drug-likeness (QED) is 0.856. The number of nitrogens with zero attached hydrogens (tertiary/aromatic N) is 1. The molecule has 1 heterocycles. The van der Waals surface area contributed by atoms with E-state index in [-0.39, 0.29) is 0 Å². The second-order valence-corrected chi connectivity index (χ2v) is 5.70. The van der Waals surface area contributed by atoms with Gasteiger partial charge in [-0.05, 0) is 27.6 Å². The van der Waals surface area contributed by atoms with Crippen molar-refractivity contribution in [1.29, 1.82) is 5.26 Å². The molecule has 17 heavy (non-hydrogen) atoms. The molecule has 0 unspecified atom stereocenters. The van der Waals surface area contributed by atoms with Crippen LogP contribution in [-0.2, 0) is 0 Å². The van der Waals surface area contributed by atoms with Crippen LogP contribution in [0.15, 0.2) is 45.6 Å². The van der Waals surface area contributed by atoms with Gasteiger partial charge in [0, 0.05) is 10.9 Å². The van der Waals surface area contributed by atoms with Crippen LogP contribution in [0.1, 0.15) is 11.1 Å². The van der Waals surface area contributed by atoms with Gasteiger partial charge in [0.1, 0.15) is 6.07 Å². The summed E-state index contributed by atoms with van der Waals surface area (Å²) in [5.41, 5.74) is 8.78. The van der Waals surface area contributed by atoms with Crippen molar-refractivity contribution in [3.05, 3.63) is 56.7 Å². The molecule has 1 aromatic carbocycles. The zero-order valence-corrected chi connectivity index (χ0v) is 11.3. The summed E-state index contributed by atoms with van der Waals surface area (Å²) in [6, 6.07) is 13.5. The van der Waals surface area contributed by atoms with Crippen molar-refractivity contribution in [3.63, 3.8) is 0 Å². The van der Waals surface area contributed by atoms with E-state index in [0.717, 1.165) is 14.9 Å². The van der Waals surface area contributed by atoms with E-state index in [1.165, 1.54) is 0 Å². The van der Waals surface area contributed by atoms with Crippen molar-refractivity contribution in [2.45, 2.75) is 0 Å². The van der Waals surface area contributed by atoms with E-state index in [9.17, 15) is 5.26 Å². The molecule has 4 heteroatoms. The molecule has 0 saturated carbocycles. The number of hydrogen-bond donors (Lipinski definition) is 1. The summed E-state index contributed by atoms with van der Waals surface area (Å²) in [6.07, 6.45) is 0. The minimum atomic E-state index is 0.510. The molecule has 0 spiro atoms. The summed E-state index contributed by atoms with van der Waals surface area (Å²) < 4.78 is 1.00. The average molecular weight is 305 g/mol. The van der Waals surface area contributed by atoms with E-state index in [1.54, 1.807) is 11.3 Å². The number of thiophene rings is 1. The van der Waals surface area contributed by atoms with Crippen molar-refractivity contribution in [3.8, 4) is 6.07 Å². The largest absolute Gasteiger partial charge is 0.397 e. The van der Waals surface area contributed by atoms with Crippen molar-refractivity contribution in [2.75, 3.05) is 0 Å². The molecule has 0 aliphatic heterocycles. The lowest BCUT2D eigenvalue weighted by atomic mass is 10.0. The van der Waals surface area contributed by atoms with Gasteiger partial charge < -0.3 is 5.73 Å². The van der Waals surface area contributed by atoms with E-state index in [0.29, 0.717) is 11.3 Å². The Labute approximate surface area is 112 Å². The minimum absolute atomic E-state index is 0.510. The van der Waals surface area contributed by atoms with Gasteiger partial charge in [0.05, 0.1) is 15.1 Å². The van der Waals surface area contributed by atoms with Gasteiger partial charge in [-0.25, -0.2) is 0 Å². The van der Waals surface area contributed by atoms with E-state index in [2.05, 4.69) is 22.0 Å². The first-order valence-corrected chi connectivity index (χ1v) is 6.59. The molecule has 0 aliphatic rings. The van der Waals surface area contributed by atoms with Crippen LogP contribution in [0.2, 0.25) is 0 Å². The molecule has 0 fully saturated rings. The number of rotatable bonds is 2. The smallest absolute Gasteiger partial charge is 0.102 e. The molecule has 0 bridgehead atoms. The predicted molar refractivity (Wildman–Crippen MR) is 75.1 cm³/mol. The van der Waals surface area contributed by atoms with Crippen LogP contribution in [0.5, 0.6) is 0 Å². The lowest BCUT2D eigenvalue weighted by Gasteiger charge is -2.03. The summed E-state index contributed by atoms with van der Waals surface area (Å²) in [5, 5.41) is 11.2. The van der Waals surface area contributed by atoms with Crippen molar-refractivity contribution < 1.29 is 0 Å². The minimum Gasteiger partial charge on any atom is -0.397 e. The Balaban J connectivity index is 2.52. The number of hydrogen-bond acceptors (Lipinski definition) is 3. The molecular weight excluding hydrogens is 296 g/mol. The number of halogens is 1. The van der Waals surface area contributed by atoms with Gasteiger partial charge in [-0.1, -0.05) is 30.3 Å². The first kappa shape index (κ1) is 11.9. The summed E-state index contributed by atoms with van der Waals surface area (Å²) in [5.74, 6) is 0. The van der Waals surface area contributed by atoms with Crippen LogP contribution in [0.25, 0.3) is 11.3 Å². The summed E-state index contributed by atoms with van der Waals surface area (Å²) in [4.78, 5) is 0. The Bertz CT molecular complexity index is 593. The highest BCUT2D eigenvalue weighted by molar-refractivity contribution is 9.11. The number of benzene rings is 1. The van der Waals surface area contributed by atoms with Gasteiger partial charge in [0.25, 0.3) is 0 Å². The van der Waals surface area contributed by atoms with Crippen LogP contribution in [0.3, 0.4) is 0 Å². The van der Waals surface area contributed by atoms with Crippen LogP contribution < -0.4 is 5.73 Å². The maximum absolute atomic E-state index is 9.22. The van der Waals surface area contributed by atoms with E-state index in [4.69, 9.17) is 5.73 Å². The Morgan fingerprint density at radius 1 is 1.24 bits per heavy atom. The number of nitriles is 1. The zero-order valence-electron chi connectivity index (χ0n) is 8.85. The molecule has 2 N–H and O–H groups in total. The number of nitrogens with two attached hydrogens (primary N) is 1. The molecule has 1 aromatic heterocycles. The predicted octanol–water partition coefficient (Wildman–Crippen LogP) is 3.86. The second-order valence-electron chi connectivity index (χ2n) is 3.41. The maximum Gasteiger partial charge on any atom is 0.102 e. The molecule has 0 saturated heterocycles. The molecule has 2 aromatic rings. The van der Waals surface area contributed by atoms with Crippen LogP contribution >= 0.6 is 27.3 Å². The third kappa shape index (κ3) is 2.57. The van der Waals surface area contributed by atoms with E-state index >= 15 is 0 Å². The Morgan fingerprint density at radius 2 is 1.94 bits per heavy atom. The second kappa shape index (κ2) is 5.17. The Kier molecular flexibility index (Phi) is 3.62. The average Bonchev–Trinajstić information content (AvgIpc) is 2.78. The number of allylic oxidation sites excluding steroid dienone is 1. The van der Waals surface area contributed by atoms with Crippen molar-refractivity contribution >= 4 is 38.5 Å². The Hall–Kier alpha value is -1.57. The molecule has 2 rings (SSSR count). The third-order valence-corrected chi connectivity index (χ3v) is 3.83. The van der Waals surface area contributed by atoms with Gasteiger partial charge >= 0.3 is 0 Å². The zero-order chi connectivity index (χ0) is 12.3. The van der Waals surface area contributed by atoms with Crippen LogP contribution in [-0.4, -0.2) is 0 Å². The lowest BCUT2D eigenvalue weighted by molar-refractivity contribution is 1.49. The maximum atomic E-state index is 9.22. The van der Waals surface area contributed by atoms with Gasteiger partial charge in [-0.15, -0.1) is 11.3 Å². The molecule has 0 amide bonds. The SMILES string of the molecule is N#C/C(=C(/N)c1csc(Br)c1)c1ccccc1. The summed E-state index contributed by atoms with van der Waals surface area (Å²) in [7, 11) is 0. The molecule has 2 nitrogen and oxygen atoms in total. The fraction of sp³-hybridized carbons (Fsp3) is 0. The molecule has 0 aliphatic carbocycles. The fourth-order valence-electron chi connectivity index (χ4n) is 1.48. The van der Waals surface area contributed by atoms with Crippen molar-refractivity contribution in [1.82, 2.24) is 0 Å². The van der Waals surface area contributed by atoms with Crippen LogP contribution in [0, 0.1) is 11.3 Å². The first-order valence-electron chi connectivity index (χ1n) is 4.92. The summed E-state index contributed by atoms with van der Waals surface area (Å²) in [6.45, 7) is 0. The van der Waals surface area contributed by atoms with Crippen LogP contribution in [0.4, 0.5) is 0 Å². The topological polar surface area (TPSA) is 49.8 Å². The highest BCUT2D eigenvalue weighted by Gasteiger charge is 2.09. The fourth-order valence-corrected chi connectivity index (χ4v) is 2.64. The lowest BCUT2D eigenvalue weighted by Crippen LogP contribution is -1.99.